The second-order valence-electron chi connectivity index (χ2n) is 5.40. The molecule has 0 aliphatic heterocycles. The molecule has 0 aromatic carbocycles. The first-order valence-corrected chi connectivity index (χ1v) is 6.70. The zero-order chi connectivity index (χ0) is 10.6. The Hall–Kier alpha value is 0. The van der Waals surface area contributed by atoms with Crippen molar-refractivity contribution in [1.29, 1.82) is 0 Å². The maximum absolute atomic E-state index is 2.47. The largest absolute Gasteiger partial charge is 0.0654 e. The van der Waals surface area contributed by atoms with E-state index in [2.05, 4.69) is 27.7 Å². The maximum atomic E-state index is 2.47. The standard InChI is InChI=1S/C14H28/c1-5-7-8-9-13-10-14(13)12(4)11(3)6-2/h11-14H,5-10H2,1-4H3. The Morgan fingerprint density at radius 3 is 2.43 bits per heavy atom. The summed E-state index contributed by atoms with van der Waals surface area (Å²) in [5.41, 5.74) is 0. The van der Waals surface area contributed by atoms with Crippen molar-refractivity contribution >= 4 is 0 Å². The monoisotopic (exact) mass is 196 g/mol. The summed E-state index contributed by atoms with van der Waals surface area (Å²) in [7, 11) is 0. The molecule has 0 heterocycles. The van der Waals surface area contributed by atoms with Crippen LogP contribution in [0.25, 0.3) is 0 Å². The minimum atomic E-state index is 0.941. The molecule has 0 N–H and O–H groups in total. The fourth-order valence-electron chi connectivity index (χ4n) is 2.70. The zero-order valence-electron chi connectivity index (χ0n) is 10.6. The minimum Gasteiger partial charge on any atom is -0.0654 e. The molecule has 4 unspecified atom stereocenters. The van der Waals surface area contributed by atoms with Gasteiger partial charge < -0.3 is 0 Å². The summed E-state index contributed by atoms with van der Waals surface area (Å²) in [5, 5.41) is 0. The van der Waals surface area contributed by atoms with Gasteiger partial charge in [-0.25, -0.2) is 0 Å². The first-order chi connectivity index (χ1) is 6.70. The molecule has 0 saturated heterocycles. The van der Waals surface area contributed by atoms with E-state index in [1.54, 1.807) is 0 Å². The molecule has 0 heteroatoms. The van der Waals surface area contributed by atoms with Gasteiger partial charge in [-0.3, -0.25) is 0 Å². The van der Waals surface area contributed by atoms with E-state index in [0.29, 0.717) is 0 Å². The third-order valence-corrected chi connectivity index (χ3v) is 4.37. The van der Waals surface area contributed by atoms with Crippen molar-refractivity contribution in [1.82, 2.24) is 0 Å². The minimum absolute atomic E-state index is 0.941. The summed E-state index contributed by atoms with van der Waals surface area (Å²) in [5.74, 6) is 4.11. The van der Waals surface area contributed by atoms with E-state index < -0.39 is 0 Å². The number of hydrogen-bond donors (Lipinski definition) is 0. The predicted molar refractivity (Wildman–Crippen MR) is 64.4 cm³/mol. The Bertz CT molecular complexity index is 150. The summed E-state index contributed by atoms with van der Waals surface area (Å²) in [6, 6.07) is 0. The van der Waals surface area contributed by atoms with E-state index >= 15 is 0 Å². The normalized spacial score (nSPS) is 30.0. The van der Waals surface area contributed by atoms with Crippen molar-refractivity contribution in [3.63, 3.8) is 0 Å². The molecule has 0 amide bonds. The van der Waals surface area contributed by atoms with Crippen molar-refractivity contribution in [2.75, 3.05) is 0 Å². The SMILES string of the molecule is CCCCCC1CC1C(C)C(C)CC. The molecule has 0 bridgehead atoms. The zero-order valence-corrected chi connectivity index (χ0v) is 10.6. The van der Waals surface area contributed by atoms with Gasteiger partial charge in [0.1, 0.15) is 0 Å². The smallest absolute Gasteiger partial charge is 0.0355 e. The van der Waals surface area contributed by atoms with Crippen LogP contribution in [0.3, 0.4) is 0 Å². The van der Waals surface area contributed by atoms with Crippen LogP contribution in [-0.4, -0.2) is 0 Å². The van der Waals surface area contributed by atoms with Crippen LogP contribution in [0, 0.1) is 23.7 Å². The summed E-state index contributed by atoms with van der Waals surface area (Å²) in [6.07, 6.45) is 8.71. The topological polar surface area (TPSA) is 0 Å². The van der Waals surface area contributed by atoms with Crippen LogP contribution in [0.4, 0.5) is 0 Å². The van der Waals surface area contributed by atoms with Crippen LogP contribution in [0.2, 0.25) is 0 Å². The molecule has 1 fully saturated rings. The summed E-state index contributed by atoms with van der Waals surface area (Å²) in [6.45, 7) is 9.52. The Kier molecular flexibility index (Phi) is 4.98. The highest BCUT2D eigenvalue weighted by Gasteiger charge is 2.41. The summed E-state index contributed by atoms with van der Waals surface area (Å²) < 4.78 is 0. The van der Waals surface area contributed by atoms with Crippen LogP contribution in [0.5, 0.6) is 0 Å². The fraction of sp³-hybridized carbons (Fsp3) is 1.00. The lowest BCUT2D eigenvalue weighted by molar-refractivity contribution is 0.319. The molecule has 1 aliphatic rings. The Labute approximate surface area is 90.5 Å². The highest BCUT2D eigenvalue weighted by atomic mass is 14.5. The van der Waals surface area contributed by atoms with E-state index in [1.807, 2.05) is 0 Å². The van der Waals surface area contributed by atoms with Crippen molar-refractivity contribution in [3.8, 4) is 0 Å². The van der Waals surface area contributed by atoms with Gasteiger partial charge in [0.05, 0.1) is 0 Å². The molecule has 84 valence electrons. The lowest BCUT2D eigenvalue weighted by Gasteiger charge is -2.18. The fourth-order valence-corrected chi connectivity index (χ4v) is 2.70. The van der Waals surface area contributed by atoms with Crippen LogP contribution in [-0.2, 0) is 0 Å². The van der Waals surface area contributed by atoms with Gasteiger partial charge in [0.15, 0.2) is 0 Å². The second-order valence-corrected chi connectivity index (χ2v) is 5.40. The Balaban J connectivity index is 2.12. The first-order valence-electron chi connectivity index (χ1n) is 6.70. The van der Waals surface area contributed by atoms with E-state index in [9.17, 15) is 0 Å². The second kappa shape index (κ2) is 5.78. The molecule has 1 rings (SSSR count). The van der Waals surface area contributed by atoms with Crippen molar-refractivity contribution in [3.05, 3.63) is 0 Å². The maximum Gasteiger partial charge on any atom is -0.0355 e. The molecule has 0 aromatic rings. The highest BCUT2D eigenvalue weighted by molar-refractivity contribution is 4.90. The van der Waals surface area contributed by atoms with Gasteiger partial charge in [-0.05, 0) is 30.1 Å². The molecular formula is C14H28. The van der Waals surface area contributed by atoms with Gasteiger partial charge in [-0.2, -0.15) is 0 Å². The lowest BCUT2D eigenvalue weighted by atomic mass is 9.88. The van der Waals surface area contributed by atoms with Crippen LogP contribution < -0.4 is 0 Å². The van der Waals surface area contributed by atoms with Crippen LogP contribution in [0.15, 0.2) is 0 Å². The van der Waals surface area contributed by atoms with Crippen molar-refractivity contribution in [2.24, 2.45) is 23.7 Å². The van der Waals surface area contributed by atoms with Crippen molar-refractivity contribution in [2.45, 2.75) is 66.2 Å². The summed E-state index contributed by atoms with van der Waals surface area (Å²) >= 11 is 0. The Morgan fingerprint density at radius 2 is 1.86 bits per heavy atom. The average Bonchev–Trinajstić information content (AvgIpc) is 2.95. The molecule has 0 aromatic heterocycles. The van der Waals surface area contributed by atoms with Crippen LogP contribution in [0.1, 0.15) is 66.2 Å². The number of rotatable bonds is 7. The molecule has 0 nitrogen and oxygen atoms in total. The van der Waals surface area contributed by atoms with Gasteiger partial charge in [-0.15, -0.1) is 0 Å². The summed E-state index contributed by atoms with van der Waals surface area (Å²) in [4.78, 5) is 0. The number of unbranched alkanes of at least 4 members (excludes halogenated alkanes) is 2. The predicted octanol–water partition coefficient (Wildman–Crippen LogP) is 4.89. The third kappa shape index (κ3) is 3.29. The molecule has 4 atom stereocenters. The average molecular weight is 196 g/mol. The van der Waals surface area contributed by atoms with E-state index in [1.165, 1.54) is 38.5 Å². The third-order valence-electron chi connectivity index (χ3n) is 4.37. The van der Waals surface area contributed by atoms with Gasteiger partial charge >= 0.3 is 0 Å². The highest BCUT2D eigenvalue weighted by Crippen LogP contribution is 2.49. The quantitative estimate of drug-likeness (QED) is 0.509. The lowest BCUT2D eigenvalue weighted by Crippen LogP contribution is -2.10. The van der Waals surface area contributed by atoms with Gasteiger partial charge in [0.2, 0.25) is 0 Å². The number of hydrogen-bond acceptors (Lipinski definition) is 0. The van der Waals surface area contributed by atoms with Gasteiger partial charge in [0, 0.05) is 0 Å². The van der Waals surface area contributed by atoms with Crippen molar-refractivity contribution < 1.29 is 0 Å². The van der Waals surface area contributed by atoms with Crippen LogP contribution >= 0.6 is 0 Å². The Morgan fingerprint density at radius 1 is 1.14 bits per heavy atom. The van der Waals surface area contributed by atoms with E-state index in [0.717, 1.165) is 23.7 Å². The molecule has 1 saturated carbocycles. The molecular weight excluding hydrogens is 168 g/mol. The van der Waals surface area contributed by atoms with Gasteiger partial charge in [0.25, 0.3) is 0 Å². The van der Waals surface area contributed by atoms with Gasteiger partial charge in [-0.1, -0.05) is 59.8 Å². The van der Waals surface area contributed by atoms with E-state index in [-0.39, 0.29) is 0 Å². The first kappa shape index (κ1) is 12.1. The molecule has 14 heavy (non-hydrogen) atoms. The molecule has 0 radical (unpaired) electrons. The van der Waals surface area contributed by atoms with E-state index in [4.69, 9.17) is 0 Å². The molecule has 0 spiro atoms. The molecule has 1 aliphatic carbocycles.